The van der Waals surface area contributed by atoms with Gasteiger partial charge in [-0.15, -0.1) is 0 Å². The number of likely N-dealkylation sites (tertiary alicyclic amines) is 2. The van der Waals surface area contributed by atoms with Gasteiger partial charge in [-0.1, -0.05) is 12.1 Å². The van der Waals surface area contributed by atoms with Crippen molar-refractivity contribution < 1.29 is 0 Å². The molecule has 3 heterocycles. The third-order valence-corrected chi connectivity index (χ3v) is 5.25. The van der Waals surface area contributed by atoms with Crippen molar-refractivity contribution in [3.63, 3.8) is 0 Å². The van der Waals surface area contributed by atoms with Crippen LogP contribution >= 0.6 is 0 Å². The molecule has 122 valence electrons. The van der Waals surface area contributed by atoms with Gasteiger partial charge >= 0.3 is 0 Å². The van der Waals surface area contributed by atoms with Gasteiger partial charge < -0.3 is 0 Å². The molecule has 2 aliphatic heterocycles. The van der Waals surface area contributed by atoms with E-state index in [1.807, 2.05) is 23.1 Å². The Kier molecular flexibility index (Phi) is 4.44. The van der Waals surface area contributed by atoms with Gasteiger partial charge in [-0.05, 0) is 69.1 Å². The van der Waals surface area contributed by atoms with Crippen molar-refractivity contribution in [2.24, 2.45) is 0 Å². The third kappa shape index (κ3) is 3.48. The summed E-state index contributed by atoms with van der Waals surface area (Å²) in [6.45, 7) is 6.18. The van der Waals surface area contributed by atoms with Crippen molar-refractivity contribution in [1.82, 2.24) is 19.6 Å². The number of piperidine rings is 1. The van der Waals surface area contributed by atoms with E-state index in [9.17, 15) is 0 Å². The molecule has 2 saturated heterocycles. The zero-order valence-electron chi connectivity index (χ0n) is 13.8. The van der Waals surface area contributed by atoms with Crippen LogP contribution in [0.1, 0.15) is 31.2 Å². The van der Waals surface area contributed by atoms with Crippen molar-refractivity contribution in [2.75, 3.05) is 26.2 Å². The molecule has 1 aromatic carbocycles. The summed E-state index contributed by atoms with van der Waals surface area (Å²) in [7, 11) is 0. The number of rotatable bonds is 4. The topological polar surface area (TPSA) is 24.3 Å². The second kappa shape index (κ2) is 6.85. The maximum absolute atomic E-state index is 4.29. The van der Waals surface area contributed by atoms with Crippen LogP contribution in [0.25, 0.3) is 5.69 Å². The number of hydrogen-bond donors (Lipinski definition) is 0. The minimum atomic E-state index is 0.787. The molecule has 4 rings (SSSR count). The Labute approximate surface area is 138 Å². The molecule has 4 nitrogen and oxygen atoms in total. The zero-order valence-corrected chi connectivity index (χ0v) is 13.8. The first kappa shape index (κ1) is 14.9. The summed E-state index contributed by atoms with van der Waals surface area (Å²) in [4.78, 5) is 5.35. The van der Waals surface area contributed by atoms with E-state index in [0.29, 0.717) is 0 Å². The molecular formula is C19H26N4. The molecule has 2 fully saturated rings. The van der Waals surface area contributed by atoms with Gasteiger partial charge in [0.15, 0.2) is 0 Å². The van der Waals surface area contributed by atoms with E-state index in [1.165, 1.54) is 57.4 Å². The number of hydrogen-bond acceptors (Lipinski definition) is 3. The van der Waals surface area contributed by atoms with Crippen LogP contribution in [0.3, 0.4) is 0 Å². The summed E-state index contributed by atoms with van der Waals surface area (Å²) in [5, 5.41) is 4.29. The summed E-state index contributed by atoms with van der Waals surface area (Å²) in [6.07, 6.45) is 9.32. The first-order chi connectivity index (χ1) is 11.4. The SMILES string of the molecule is c1cnn(-c2ccc(CN3CCC[C@@H](N4CCCC4)C3)cc2)c1. The molecule has 23 heavy (non-hydrogen) atoms. The summed E-state index contributed by atoms with van der Waals surface area (Å²) < 4.78 is 1.91. The Morgan fingerprint density at radius 1 is 1.00 bits per heavy atom. The van der Waals surface area contributed by atoms with Crippen molar-refractivity contribution in [2.45, 2.75) is 38.3 Å². The van der Waals surface area contributed by atoms with Crippen LogP contribution in [0.15, 0.2) is 42.7 Å². The van der Waals surface area contributed by atoms with E-state index in [1.54, 1.807) is 0 Å². The fraction of sp³-hybridized carbons (Fsp3) is 0.526. The van der Waals surface area contributed by atoms with Gasteiger partial charge in [-0.25, -0.2) is 4.68 Å². The van der Waals surface area contributed by atoms with Crippen LogP contribution in [0, 0.1) is 0 Å². The van der Waals surface area contributed by atoms with E-state index >= 15 is 0 Å². The Balaban J connectivity index is 1.37. The highest BCUT2D eigenvalue weighted by Crippen LogP contribution is 2.22. The standard InChI is InChI=1S/C19H26N4/c1-2-13-22(12-1)19-5-3-11-21(16-19)15-17-6-8-18(9-7-17)23-14-4-10-20-23/h4,6-10,14,19H,1-3,5,11-13,15-16H2/t19-/m1/s1. The molecule has 0 unspecified atom stereocenters. The predicted octanol–water partition coefficient (Wildman–Crippen LogP) is 2.93. The Morgan fingerprint density at radius 2 is 1.83 bits per heavy atom. The van der Waals surface area contributed by atoms with E-state index in [-0.39, 0.29) is 0 Å². The molecule has 0 amide bonds. The van der Waals surface area contributed by atoms with Crippen LogP contribution < -0.4 is 0 Å². The van der Waals surface area contributed by atoms with Crippen molar-refractivity contribution in [3.05, 3.63) is 48.3 Å². The largest absolute Gasteiger partial charge is 0.299 e. The van der Waals surface area contributed by atoms with Crippen molar-refractivity contribution in [1.29, 1.82) is 0 Å². The Morgan fingerprint density at radius 3 is 2.57 bits per heavy atom. The van der Waals surface area contributed by atoms with Crippen molar-refractivity contribution >= 4 is 0 Å². The maximum Gasteiger partial charge on any atom is 0.0645 e. The smallest absolute Gasteiger partial charge is 0.0645 e. The quantitative estimate of drug-likeness (QED) is 0.868. The van der Waals surface area contributed by atoms with Gasteiger partial charge in [-0.3, -0.25) is 9.80 Å². The summed E-state index contributed by atoms with van der Waals surface area (Å²) in [5.41, 5.74) is 2.54. The lowest BCUT2D eigenvalue weighted by atomic mass is 10.0. The lowest BCUT2D eigenvalue weighted by Gasteiger charge is -2.37. The summed E-state index contributed by atoms with van der Waals surface area (Å²) >= 11 is 0. The fourth-order valence-corrected chi connectivity index (χ4v) is 4.01. The van der Waals surface area contributed by atoms with Gasteiger partial charge in [0.1, 0.15) is 0 Å². The molecule has 0 radical (unpaired) electrons. The number of benzene rings is 1. The lowest BCUT2D eigenvalue weighted by molar-refractivity contribution is 0.110. The maximum atomic E-state index is 4.29. The average molecular weight is 310 g/mol. The van der Waals surface area contributed by atoms with Crippen LogP contribution in [0.4, 0.5) is 0 Å². The molecule has 1 atom stereocenters. The second-order valence-electron chi connectivity index (χ2n) is 6.89. The molecule has 2 aliphatic rings. The number of aromatic nitrogens is 2. The van der Waals surface area contributed by atoms with E-state index in [2.05, 4.69) is 39.2 Å². The van der Waals surface area contributed by atoms with Crippen LogP contribution in [-0.4, -0.2) is 51.8 Å². The predicted molar refractivity (Wildman–Crippen MR) is 92.7 cm³/mol. The molecule has 0 saturated carbocycles. The minimum Gasteiger partial charge on any atom is -0.299 e. The van der Waals surface area contributed by atoms with Gasteiger partial charge in [0.05, 0.1) is 5.69 Å². The monoisotopic (exact) mass is 310 g/mol. The molecule has 0 N–H and O–H groups in total. The highest BCUT2D eigenvalue weighted by atomic mass is 15.3. The highest BCUT2D eigenvalue weighted by molar-refractivity contribution is 5.33. The lowest BCUT2D eigenvalue weighted by Crippen LogP contribution is -2.46. The summed E-state index contributed by atoms with van der Waals surface area (Å²) in [5.74, 6) is 0. The molecule has 0 spiro atoms. The van der Waals surface area contributed by atoms with E-state index < -0.39 is 0 Å². The van der Waals surface area contributed by atoms with E-state index in [0.717, 1.165) is 18.3 Å². The van der Waals surface area contributed by atoms with Crippen LogP contribution in [0.2, 0.25) is 0 Å². The Bertz CT molecular complexity index is 599. The van der Waals surface area contributed by atoms with Crippen LogP contribution in [-0.2, 0) is 6.54 Å². The first-order valence-corrected chi connectivity index (χ1v) is 8.94. The van der Waals surface area contributed by atoms with E-state index in [4.69, 9.17) is 0 Å². The molecule has 4 heteroatoms. The third-order valence-electron chi connectivity index (χ3n) is 5.25. The highest BCUT2D eigenvalue weighted by Gasteiger charge is 2.26. The average Bonchev–Trinajstić information content (AvgIpc) is 3.30. The molecule has 1 aromatic heterocycles. The molecule has 0 bridgehead atoms. The normalized spacial score (nSPS) is 23.4. The van der Waals surface area contributed by atoms with Crippen LogP contribution in [0.5, 0.6) is 0 Å². The number of nitrogens with zero attached hydrogens (tertiary/aromatic N) is 4. The van der Waals surface area contributed by atoms with Gasteiger partial charge in [0, 0.05) is 31.5 Å². The zero-order chi connectivity index (χ0) is 15.5. The molecule has 2 aromatic rings. The van der Waals surface area contributed by atoms with Gasteiger partial charge in [0.2, 0.25) is 0 Å². The summed E-state index contributed by atoms with van der Waals surface area (Å²) in [6, 6.07) is 11.6. The Hall–Kier alpha value is -1.65. The second-order valence-corrected chi connectivity index (χ2v) is 6.89. The van der Waals surface area contributed by atoms with Gasteiger partial charge in [0.25, 0.3) is 0 Å². The van der Waals surface area contributed by atoms with Gasteiger partial charge in [-0.2, -0.15) is 5.10 Å². The fourth-order valence-electron chi connectivity index (χ4n) is 4.01. The first-order valence-electron chi connectivity index (χ1n) is 8.94. The van der Waals surface area contributed by atoms with Crippen molar-refractivity contribution in [3.8, 4) is 5.69 Å². The molecular weight excluding hydrogens is 284 g/mol. The molecule has 0 aliphatic carbocycles. The minimum absolute atomic E-state index is 0.787.